The number of allylic oxidation sites excluding steroid dienone is 3. The molecule has 0 aliphatic heterocycles. The van der Waals surface area contributed by atoms with Crippen molar-refractivity contribution in [2.45, 2.75) is 19.3 Å². The molecule has 0 bridgehead atoms. The van der Waals surface area contributed by atoms with Crippen LogP contribution in [0.25, 0.3) is 0 Å². The van der Waals surface area contributed by atoms with Crippen molar-refractivity contribution in [1.82, 2.24) is 0 Å². The second-order valence-corrected chi connectivity index (χ2v) is 2.82. The molecule has 0 rings (SSSR count). The maximum atomic E-state index is 10.4. The molecular formula is C10H12Na2O4. The molecule has 0 N–H and O–H groups in total. The molecule has 0 saturated heterocycles. The Kier molecular flexibility index (Phi) is 18.3. The number of hydrogen-bond donors (Lipinski definition) is 0. The summed E-state index contributed by atoms with van der Waals surface area (Å²) < 4.78 is 0. The molecule has 1 atom stereocenters. The van der Waals surface area contributed by atoms with E-state index in [9.17, 15) is 19.8 Å². The smallest absolute Gasteiger partial charge is 0.550 e. The van der Waals surface area contributed by atoms with E-state index in [0.717, 1.165) is 0 Å². The monoisotopic (exact) mass is 242 g/mol. The van der Waals surface area contributed by atoms with Crippen molar-refractivity contribution in [3.63, 3.8) is 0 Å². The number of aliphatic carboxylic acids is 2. The van der Waals surface area contributed by atoms with Crippen molar-refractivity contribution in [3.05, 3.63) is 24.8 Å². The van der Waals surface area contributed by atoms with Gasteiger partial charge in [-0.15, -0.1) is 6.58 Å². The SMILES string of the molecule is C=CCC=CCC(CC(=O)[O-])C(=O)[O-].[Na+].[Na+]. The zero-order valence-corrected chi connectivity index (χ0v) is 13.8. The van der Waals surface area contributed by atoms with Gasteiger partial charge in [0.05, 0.1) is 0 Å². The number of carboxylic acid groups (broad SMARTS) is 2. The third-order valence-corrected chi connectivity index (χ3v) is 1.64. The fourth-order valence-electron chi connectivity index (χ4n) is 0.917. The molecule has 16 heavy (non-hydrogen) atoms. The Morgan fingerprint density at radius 1 is 1.19 bits per heavy atom. The van der Waals surface area contributed by atoms with Crippen molar-refractivity contribution < 1.29 is 78.9 Å². The average Bonchev–Trinajstić information content (AvgIpc) is 2.09. The molecule has 4 nitrogen and oxygen atoms in total. The van der Waals surface area contributed by atoms with Gasteiger partial charge in [-0.25, -0.2) is 0 Å². The third-order valence-electron chi connectivity index (χ3n) is 1.64. The van der Waals surface area contributed by atoms with Gasteiger partial charge in [0, 0.05) is 17.9 Å². The topological polar surface area (TPSA) is 80.3 Å². The van der Waals surface area contributed by atoms with E-state index in [2.05, 4.69) is 6.58 Å². The van der Waals surface area contributed by atoms with Crippen molar-refractivity contribution in [2.75, 3.05) is 0 Å². The van der Waals surface area contributed by atoms with Crippen LogP contribution in [0, 0.1) is 5.92 Å². The molecule has 0 saturated carbocycles. The predicted molar refractivity (Wildman–Crippen MR) is 46.7 cm³/mol. The Labute approximate surface area is 139 Å². The van der Waals surface area contributed by atoms with Crippen LogP contribution in [0.3, 0.4) is 0 Å². The van der Waals surface area contributed by atoms with Crippen LogP contribution in [0.15, 0.2) is 24.8 Å². The predicted octanol–water partition coefficient (Wildman–Crippen LogP) is -6.98. The number of rotatable bonds is 7. The second-order valence-electron chi connectivity index (χ2n) is 2.82. The standard InChI is InChI=1S/C10H14O4.2Na/c1-2-3-4-5-6-8(10(13)14)7-9(11)12;;/h2,4-5,8H,1,3,6-7H2,(H,11,12)(H,13,14);;/q;2*+1/p-2. The Morgan fingerprint density at radius 3 is 2.12 bits per heavy atom. The fourth-order valence-corrected chi connectivity index (χ4v) is 0.917. The van der Waals surface area contributed by atoms with E-state index in [4.69, 9.17) is 0 Å². The van der Waals surface area contributed by atoms with Gasteiger partial charge in [0.15, 0.2) is 0 Å². The van der Waals surface area contributed by atoms with Gasteiger partial charge in [0.25, 0.3) is 0 Å². The van der Waals surface area contributed by atoms with Gasteiger partial charge >= 0.3 is 59.1 Å². The van der Waals surface area contributed by atoms with E-state index in [1.165, 1.54) is 0 Å². The Hall–Kier alpha value is 0.420. The second kappa shape index (κ2) is 13.5. The summed E-state index contributed by atoms with van der Waals surface area (Å²) in [5.41, 5.74) is 0. The minimum absolute atomic E-state index is 0. The van der Waals surface area contributed by atoms with Gasteiger partial charge in [-0.3, -0.25) is 0 Å². The Morgan fingerprint density at radius 2 is 1.75 bits per heavy atom. The first-order chi connectivity index (χ1) is 6.57. The molecule has 0 aromatic heterocycles. The molecule has 0 aliphatic carbocycles. The van der Waals surface area contributed by atoms with Gasteiger partial charge in [0.2, 0.25) is 0 Å². The summed E-state index contributed by atoms with van der Waals surface area (Å²) in [4.78, 5) is 20.6. The van der Waals surface area contributed by atoms with E-state index < -0.39 is 24.3 Å². The van der Waals surface area contributed by atoms with Crippen LogP contribution < -0.4 is 69.3 Å². The van der Waals surface area contributed by atoms with Crippen LogP contribution in [0.4, 0.5) is 0 Å². The summed E-state index contributed by atoms with van der Waals surface area (Å²) in [7, 11) is 0. The first kappa shape index (κ1) is 21.7. The van der Waals surface area contributed by atoms with E-state index >= 15 is 0 Å². The van der Waals surface area contributed by atoms with E-state index in [1.807, 2.05) is 0 Å². The minimum Gasteiger partial charge on any atom is -0.550 e. The van der Waals surface area contributed by atoms with E-state index in [-0.39, 0.29) is 65.5 Å². The number of carbonyl (C=O) groups excluding carboxylic acids is 2. The molecule has 0 aliphatic rings. The van der Waals surface area contributed by atoms with Crippen LogP contribution in [-0.2, 0) is 9.59 Å². The summed E-state index contributed by atoms with van der Waals surface area (Å²) in [6.45, 7) is 3.48. The molecule has 0 amide bonds. The molecule has 0 fully saturated rings. The van der Waals surface area contributed by atoms with Gasteiger partial charge in [0.1, 0.15) is 0 Å². The van der Waals surface area contributed by atoms with Crippen molar-refractivity contribution in [1.29, 1.82) is 0 Å². The summed E-state index contributed by atoms with van der Waals surface area (Å²) >= 11 is 0. The molecule has 0 radical (unpaired) electrons. The van der Waals surface area contributed by atoms with Crippen LogP contribution in [0.5, 0.6) is 0 Å². The van der Waals surface area contributed by atoms with Crippen molar-refractivity contribution >= 4 is 11.9 Å². The average molecular weight is 242 g/mol. The molecule has 0 spiro atoms. The van der Waals surface area contributed by atoms with Gasteiger partial charge in [-0.2, -0.15) is 0 Å². The van der Waals surface area contributed by atoms with Crippen molar-refractivity contribution in [3.8, 4) is 0 Å². The van der Waals surface area contributed by atoms with Gasteiger partial charge in [-0.1, -0.05) is 18.2 Å². The van der Waals surface area contributed by atoms with Gasteiger partial charge in [-0.05, 0) is 19.3 Å². The quantitative estimate of drug-likeness (QED) is 0.328. The summed E-state index contributed by atoms with van der Waals surface area (Å²) in [5.74, 6) is -3.75. The molecule has 78 valence electrons. The van der Waals surface area contributed by atoms with Crippen molar-refractivity contribution in [2.24, 2.45) is 5.92 Å². The minimum atomic E-state index is -1.38. The van der Waals surface area contributed by atoms with E-state index in [0.29, 0.717) is 6.42 Å². The third kappa shape index (κ3) is 12.5. The van der Waals surface area contributed by atoms with Crippen LogP contribution in [-0.4, -0.2) is 11.9 Å². The summed E-state index contributed by atoms with van der Waals surface area (Å²) in [6, 6.07) is 0. The normalized spacial score (nSPS) is 11.0. The van der Waals surface area contributed by atoms with Gasteiger partial charge < -0.3 is 19.8 Å². The molecule has 1 unspecified atom stereocenters. The van der Waals surface area contributed by atoms with Crippen LogP contribution in [0.1, 0.15) is 19.3 Å². The van der Waals surface area contributed by atoms with Crippen LogP contribution >= 0.6 is 0 Å². The zero-order chi connectivity index (χ0) is 11.0. The molecule has 0 aromatic rings. The Bertz CT molecular complexity index is 251. The molecule has 0 heterocycles. The number of carboxylic acids is 2. The first-order valence-electron chi connectivity index (χ1n) is 4.24. The summed E-state index contributed by atoms with van der Waals surface area (Å²) in [6.07, 6.45) is 5.24. The van der Waals surface area contributed by atoms with Crippen LogP contribution in [0.2, 0.25) is 0 Å². The zero-order valence-electron chi connectivity index (χ0n) is 9.77. The Balaban J connectivity index is -0.000000845. The number of hydrogen-bond acceptors (Lipinski definition) is 4. The molecule has 6 heteroatoms. The summed E-state index contributed by atoms with van der Waals surface area (Å²) in [5, 5.41) is 20.6. The maximum Gasteiger partial charge on any atom is 1.00 e. The molecular weight excluding hydrogens is 230 g/mol. The first-order valence-corrected chi connectivity index (χ1v) is 4.24. The maximum absolute atomic E-state index is 10.4. The number of carbonyl (C=O) groups is 2. The molecule has 0 aromatic carbocycles. The largest absolute Gasteiger partial charge is 1.00 e. The fraction of sp³-hybridized carbons (Fsp3) is 0.400. The van der Waals surface area contributed by atoms with E-state index in [1.54, 1.807) is 18.2 Å².